The summed E-state index contributed by atoms with van der Waals surface area (Å²) in [6.07, 6.45) is 2.98. The van der Waals surface area contributed by atoms with Crippen LogP contribution in [0.15, 0.2) is 34.7 Å². The summed E-state index contributed by atoms with van der Waals surface area (Å²) in [6.45, 7) is 1.80. The minimum Gasteiger partial charge on any atom is -0.381 e. The molecule has 2 atom stereocenters. The topological polar surface area (TPSA) is 46.6 Å². The molecule has 1 fully saturated rings. The predicted octanol–water partition coefficient (Wildman–Crippen LogP) is 3.28. The first-order chi connectivity index (χ1) is 11.1. The van der Waals surface area contributed by atoms with Crippen molar-refractivity contribution in [3.05, 3.63) is 35.4 Å². The van der Waals surface area contributed by atoms with Crippen LogP contribution in [-0.2, 0) is 14.3 Å². The van der Waals surface area contributed by atoms with E-state index in [0.717, 1.165) is 54.1 Å². The largest absolute Gasteiger partial charge is 0.381 e. The van der Waals surface area contributed by atoms with Gasteiger partial charge in [0, 0.05) is 16.2 Å². The average Bonchev–Trinajstić information content (AvgIpc) is 2.99. The summed E-state index contributed by atoms with van der Waals surface area (Å²) in [6, 6.07) is 7.57. The van der Waals surface area contributed by atoms with Gasteiger partial charge in [-0.05, 0) is 44.0 Å². The maximum absolute atomic E-state index is 12.5. The molecular weight excluding hydrogens is 354 g/mol. The minimum absolute atomic E-state index is 0.278. The number of alkyl halides is 1. The van der Waals surface area contributed by atoms with E-state index < -0.39 is 14.8 Å². The Kier molecular flexibility index (Phi) is 4.12. The molecule has 4 nitrogen and oxygen atoms in total. The second kappa shape index (κ2) is 5.99. The molecule has 0 N–H and O–H groups in total. The Morgan fingerprint density at radius 3 is 2.74 bits per heavy atom. The summed E-state index contributed by atoms with van der Waals surface area (Å²) < 4.78 is 29.4. The fourth-order valence-electron chi connectivity index (χ4n) is 3.60. The van der Waals surface area contributed by atoms with Crippen LogP contribution < -0.4 is 0 Å². The Morgan fingerprint density at radius 1 is 1.22 bits per heavy atom. The highest BCUT2D eigenvalue weighted by molar-refractivity contribution is 7.99. The van der Waals surface area contributed by atoms with Crippen LogP contribution in [0.3, 0.4) is 0 Å². The lowest BCUT2D eigenvalue weighted by molar-refractivity contribution is 0.264. The van der Waals surface area contributed by atoms with Gasteiger partial charge in [-0.1, -0.05) is 29.8 Å². The van der Waals surface area contributed by atoms with E-state index in [2.05, 4.69) is 4.90 Å². The number of hydrogen-bond acceptors (Lipinski definition) is 5. The molecule has 4 rings (SSSR count). The van der Waals surface area contributed by atoms with Crippen molar-refractivity contribution in [1.29, 1.82) is 0 Å². The van der Waals surface area contributed by atoms with Crippen molar-refractivity contribution < 1.29 is 12.6 Å². The van der Waals surface area contributed by atoms with Crippen LogP contribution in [0, 0.1) is 0 Å². The van der Waals surface area contributed by atoms with Crippen molar-refractivity contribution in [1.82, 2.24) is 4.90 Å². The third kappa shape index (κ3) is 2.69. The van der Waals surface area contributed by atoms with Crippen molar-refractivity contribution >= 4 is 39.2 Å². The molecule has 0 aromatic heterocycles. The van der Waals surface area contributed by atoms with E-state index in [1.807, 2.05) is 24.3 Å². The third-order valence-electron chi connectivity index (χ3n) is 4.67. The minimum atomic E-state index is -3.82. The Morgan fingerprint density at radius 2 is 1.96 bits per heavy atom. The lowest BCUT2D eigenvalue weighted by Gasteiger charge is -2.37. The van der Waals surface area contributed by atoms with E-state index in [4.69, 9.17) is 15.8 Å². The Labute approximate surface area is 146 Å². The van der Waals surface area contributed by atoms with Crippen LogP contribution in [0.2, 0.25) is 0 Å². The zero-order valence-corrected chi connectivity index (χ0v) is 15.0. The highest BCUT2D eigenvalue weighted by atomic mass is 35.5. The zero-order chi connectivity index (χ0) is 16.0. The van der Waals surface area contributed by atoms with E-state index in [1.54, 1.807) is 11.8 Å². The second-order valence-corrected chi connectivity index (χ2v) is 9.59. The first kappa shape index (κ1) is 15.8. The number of likely N-dealkylation sites (tertiary alicyclic amines) is 1. The highest BCUT2D eigenvalue weighted by Crippen LogP contribution is 2.45. The van der Waals surface area contributed by atoms with Gasteiger partial charge >= 0.3 is 10.1 Å². The molecule has 1 aromatic carbocycles. The second-order valence-electron chi connectivity index (χ2n) is 6.06. The molecule has 23 heavy (non-hydrogen) atoms. The molecule has 0 unspecified atom stereocenters. The lowest BCUT2D eigenvalue weighted by Crippen LogP contribution is -2.47. The molecule has 0 amide bonds. The summed E-state index contributed by atoms with van der Waals surface area (Å²) in [7, 11) is -3.82. The number of fused-ring (bicyclic) bond motifs is 2. The van der Waals surface area contributed by atoms with Gasteiger partial charge in [-0.15, -0.1) is 11.8 Å². The Balaban J connectivity index is 1.89. The van der Waals surface area contributed by atoms with E-state index in [1.165, 1.54) is 0 Å². The van der Waals surface area contributed by atoms with Gasteiger partial charge in [0.2, 0.25) is 0 Å². The smallest absolute Gasteiger partial charge is 0.328 e. The molecule has 0 aliphatic carbocycles. The highest BCUT2D eigenvalue weighted by Gasteiger charge is 2.46. The molecule has 1 aromatic rings. The average molecular weight is 372 g/mol. The standard InChI is InChI=1S/C16H18ClNO3S2/c17-16-14(18-8-3-4-9-18)12-7-10-22-13-6-2-1-5-11(13)15(12)21-23(16,19)20/h1-2,5-6,14,16H,3-4,7-10H2/t14-,16-/m0/s1. The summed E-state index contributed by atoms with van der Waals surface area (Å²) in [5, 5.41) is 0. The number of halogens is 1. The van der Waals surface area contributed by atoms with Crippen LogP contribution in [0.5, 0.6) is 0 Å². The van der Waals surface area contributed by atoms with Crippen molar-refractivity contribution in [2.45, 2.75) is 34.9 Å². The van der Waals surface area contributed by atoms with E-state index in [9.17, 15) is 8.42 Å². The SMILES string of the molecule is O=S1(=O)OC2=C(CCSc3ccccc32)[C@H](N2CCCC2)[C@H]1Cl. The summed E-state index contributed by atoms with van der Waals surface area (Å²) in [5.74, 6) is 1.42. The van der Waals surface area contributed by atoms with Crippen LogP contribution >= 0.6 is 23.4 Å². The summed E-state index contributed by atoms with van der Waals surface area (Å²) in [4.78, 5) is 3.28. The van der Waals surface area contributed by atoms with Crippen LogP contribution in [0.4, 0.5) is 0 Å². The molecule has 1 saturated heterocycles. The number of thioether (sulfide) groups is 1. The van der Waals surface area contributed by atoms with Crippen LogP contribution in [0.1, 0.15) is 24.8 Å². The molecular formula is C16H18ClNO3S2. The maximum Gasteiger partial charge on any atom is 0.328 e. The predicted molar refractivity (Wildman–Crippen MR) is 92.9 cm³/mol. The molecule has 0 radical (unpaired) electrons. The fraction of sp³-hybridized carbons (Fsp3) is 0.500. The Hall–Kier alpha value is -0.690. The van der Waals surface area contributed by atoms with E-state index >= 15 is 0 Å². The van der Waals surface area contributed by atoms with Gasteiger partial charge in [-0.2, -0.15) is 8.42 Å². The van der Waals surface area contributed by atoms with E-state index in [-0.39, 0.29) is 6.04 Å². The molecule has 0 bridgehead atoms. The fourth-order valence-corrected chi connectivity index (χ4v) is 6.23. The number of nitrogens with zero attached hydrogens (tertiary/aromatic N) is 1. The normalized spacial score (nSPS) is 30.3. The first-order valence-corrected chi connectivity index (χ1v) is 10.7. The number of hydrogen-bond donors (Lipinski definition) is 0. The molecule has 0 saturated carbocycles. The van der Waals surface area contributed by atoms with Gasteiger partial charge in [-0.3, -0.25) is 4.90 Å². The van der Waals surface area contributed by atoms with Crippen molar-refractivity contribution in [3.8, 4) is 0 Å². The molecule has 3 aliphatic heterocycles. The molecule has 0 spiro atoms. The molecule has 3 aliphatic rings. The number of benzene rings is 1. The van der Waals surface area contributed by atoms with Gasteiger partial charge in [0.15, 0.2) is 10.5 Å². The van der Waals surface area contributed by atoms with Gasteiger partial charge < -0.3 is 4.18 Å². The van der Waals surface area contributed by atoms with E-state index in [0.29, 0.717) is 5.76 Å². The van der Waals surface area contributed by atoms with Crippen molar-refractivity contribution in [3.63, 3.8) is 0 Å². The summed E-state index contributed by atoms with van der Waals surface area (Å²) in [5.41, 5.74) is 1.92. The zero-order valence-electron chi connectivity index (χ0n) is 12.6. The van der Waals surface area contributed by atoms with Gasteiger partial charge in [-0.25, -0.2) is 0 Å². The maximum atomic E-state index is 12.5. The van der Waals surface area contributed by atoms with Gasteiger partial charge in [0.05, 0.1) is 6.04 Å². The molecule has 124 valence electrons. The quantitative estimate of drug-likeness (QED) is 0.560. The number of rotatable bonds is 1. The van der Waals surface area contributed by atoms with Gasteiger partial charge in [0.25, 0.3) is 0 Å². The van der Waals surface area contributed by atoms with Gasteiger partial charge in [0.1, 0.15) is 0 Å². The summed E-state index contributed by atoms with van der Waals surface area (Å²) >= 11 is 8.10. The first-order valence-electron chi connectivity index (χ1n) is 7.84. The third-order valence-corrected chi connectivity index (χ3v) is 7.84. The Bertz CT molecular complexity index is 756. The lowest BCUT2D eigenvalue weighted by atomic mass is 9.99. The molecule has 7 heteroatoms. The van der Waals surface area contributed by atoms with Crippen LogP contribution in [0.25, 0.3) is 5.76 Å². The van der Waals surface area contributed by atoms with Crippen LogP contribution in [-0.4, -0.2) is 42.9 Å². The molecule has 3 heterocycles. The van der Waals surface area contributed by atoms with Crippen molar-refractivity contribution in [2.75, 3.05) is 18.8 Å². The monoisotopic (exact) mass is 371 g/mol. The van der Waals surface area contributed by atoms with Crippen molar-refractivity contribution in [2.24, 2.45) is 0 Å².